The topological polar surface area (TPSA) is 78.2 Å². The lowest BCUT2D eigenvalue weighted by atomic mass is 9.98. The summed E-state index contributed by atoms with van der Waals surface area (Å²) in [4.78, 5) is 23.5. The lowest BCUT2D eigenvalue weighted by molar-refractivity contribution is 0.0692. The number of nitrogens with zero attached hydrogens (tertiary/aromatic N) is 1. The van der Waals surface area contributed by atoms with Crippen molar-refractivity contribution in [3.05, 3.63) is 69.7 Å². The van der Waals surface area contributed by atoms with Gasteiger partial charge in [0.2, 0.25) is 0 Å². The molecule has 0 heterocycles. The summed E-state index contributed by atoms with van der Waals surface area (Å²) in [6, 6.07) is 13.0. The molecule has 0 fully saturated rings. The largest absolute Gasteiger partial charge is 0.478 e. The smallest absolute Gasteiger partial charge is 0.337 e. The number of halogens is 1. The molecule has 0 aliphatic heterocycles. The third kappa shape index (κ3) is 3.28. The number of rotatable bonds is 4. The minimum atomic E-state index is -1.23. The molecule has 0 atom stereocenters. The first-order valence-electron chi connectivity index (χ1n) is 6.07. The number of carbonyl (C=O) groups excluding carboxylic acids is 1. The fourth-order valence-corrected chi connectivity index (χ4v) is 2.21. The Balaban J connectivity index is 2.30. The van der Waals surface area contributed by atoms with Crippen molar-refractivity contribution in [3.8, 4) is 6.07 Å². The number of aromatic carboxylic acids is 1. The van der Waals surface area contributed by atoms with E-state index < -0.39 is 5.97 Å². The standard InChI is InChI=1S/C16H10ClNO3/c17-13-3-1-2-12(15(13)16(20)21)14(19)8-10-4-6-11(9-18)7-5-10/h1-7H,8H2,(H,20,21). The number of carboxylic acids is 1. The van der Waals surface area contributed by atoms with Gasteiger partial charge in [0.25, 0.3) is 0 Å². The Morgan fingerprint density at radius 2 is 1.81 bits per heavy atom. The number of Topliss-reactive ketones (excluding diaryl/α,β-unsaturated/α-hetero) is 1. The summed E-state index contributed by atoms with van der Waals surface area (Å²) < 4.78 is 0. The first-order chi connectivity index (χ1) is 10.0. The van der Waals surface area contributed by atoms with E-state index in [1.807, 2.05) is 6.07 Å². The van der Waals surface area contributed by atoms with Gasteiger partial charge in [0.1, 0.15) is 0 Å². The van der Waals surface area contributed by atoms with Crippen molar-refractivity contribution in [2.75, 3.05) is 0 Å². The summed E-state index contributed by atoms with van der Waals surface area (Å²) >= 11 is 5.84. The van der Waals surface area contributed by atoms with Crippen LogP contribution >= 0.6 is 11.6 Å². The summed E-state index contributed by atoms with van der Waals surface area (Å²) in [5.74, 6) is -1.57. The molecule has 0 aliphatic carbocycles. The third-order valence-electron chi connectivity index (χ3n) is 2.98. The van der Waals surface area contributed by atoms with Crippen molar-refractivity contribution >= 4 is 23.4 Å². The minimum absolute atomic E-state index is 0.0354. The highest BCUT2D eigenvalue weighted by Gasteiger charge is 2.19. The minimum Gasteiger partial charge on any atom is -0.478 e. The quantitative estimate of drug-likeness (QED) is 0.878. The van der Waals surface area contributed by atoms with Crippen LogP contribution in [0.5, 0.6) is 0 Å². The summed E-state index contributed by atoms with van der Waals surface area (Å²) in [5, 5.41) is 17.9. The molecule has 5 heteroatoms. The number of benzene rings is 2. The van der Waals surface area contributed by atoms with Crippen LogP contribution in [0.3, 0.4) is 0 Å². The van der Waals surface area contributed by atoms with Gasteiger partial charge >= 0.3 is 5.97 Å². The number of hydrogen-bond acceptors (Lipinski definition) is 3. The highest BCUT2D eigenvalue weighted by atomic mass is 35.5. The second-order valence-corrected chi connectivity index (χ2v) is 4.78. The van der Waals surface area contributed by atoms with Crippen molar-refractivity contribution < 1.29 is 14.7 Å². The van der Waals surface area contributed by atoms with E-state index in [0.717, 1.165) is 0 Å². The third-order valence-corrected chi connectivity index (χ3v) is 3.29. The van der Waals surface area contributed by atoms with Gasteiger partial charge in [-0.15, -0.1) is 0 Å². The molecule has 21 heavy (non-hydrogen) atoms. The molecule has 1 N–H and O–H groups in total. The number of nitriles is 1. The number of carboxylic acid groups (broad SMARTS) is 1. The summed E-state index contributed by atoms with van der Waals surface area (Å²) in [6.45, 7) is 0. The molecule has 4 nitrogen and oxygen atoms in total. The number of hydrogen-bond donors (Lipinski definition) is 1. The fraction of sp³-hybridized carbons (Fsp3) is 0.0625. The van der Waals surface area contributed by atoms with Crippen LogP contribution in [-0.4, -0.2) is 16.9 Å². The average molecular weight is 300 g/mol. The van der Waals surface area contributed by atoms with Crippen molar-refractivity contribution in [1.82, 2.24) is 0 Å². The van der Waals surface area contributed by atoms with Gasteiger partial charge < -0.3 is 5.11 Å². The Labute approximate surface area is 126 Å². The molecule has 0 unspecified atom stereocenters. The Morgan fingerprint density at radius 1 is 1.14 bits per heavy atom. The second-order valence-electron chi connectivity index (χ2n) is 4.38. The lowest BCUT2D eigenvalue weighted by Gasteiger charge is -2.07. The van der Waals surface area contributed by atoms with Crippen LogP contribution in [0.2, 0.25) is 5.02 Å². The molecule has 0 radical (unpaired) electrons. The van der Waals surface area contributed by atoms with E-state index in [4.69, 9.17) is 22.0 Å². The molecule has 2 rings (SSSR count). The van der Waals surface area contributed by atoms with Crippen LogP contribution in [0.4, 0.5) is 0 Å². The molecule has 0 amide bonds. The highest BCUT2D eigenvalue weighted by Crippen LogP contribution is 2.21. The maximum atomic E-state index is 12.3. The van der Waals surface area contributed by atoms with Gasteiger partial charge in [-0.05, 0) is 23.8 Å². The molecule has 0 saturated heterocycles. The SMILES string of the molecule is N#Cc1ccc(CC(=O)c2cccc(Cl)c2C(=O)O)cc1. The first kappa shape index (κ1) is 14.8. The van der Waals surface area contributed by atoms with Crippen molar-refractivity contribution in [3.63, 3.8) is 0 Å². The van der Waals surface area contributed by atoms with Gasteiger partial charge in [0.15, 0.2) is 5.78 Å². The van der Waals surface area contributed by atoms with Gasteiger partial charge in [-0.1, -0.05) is 35.9 Å². The zero-order valence-electron chi connectivity index (χ0n) is 10.8. The van der Waals surface area contributed by atoms with Crippen LogP contribution in [-0.2, 0) is 6.42 Å². The van der Waals surface area contributed by atoms with Crippen molar-refractivity contribution in [2.45, 2.75) is 6.42 Å². The van der Waals surface area contributed by atoms with E-state index in [1.165, 1.54) is 12.1 Å². The molecular weight excluding hydrogens is 290 g/mol. The van der Waals surface area contributed by atoms with Gasteiger partial charge in [-0.3, -0.25) is 4.79 Å². The molecular formula is C16H10ClNO3. The predicted octanol–water partition coefficient (Wildman–Crippen LogP) is 3.34. The average Bonchev–Trinajstić information content (AvgIpc) is 2.47. The fourth-order valence-electron chi connectivity index (χ4n) is 1.95. The van der Waals surface area contributed by atoms with Crippen LogP contribution in [0.15, 0.2) is 42.5 Å². The van der Waals surface area contributed by atoms with Crippen LogP contribution in [0.25, 0.3) is 0 Å². The molecule has 104 valence electrons. The molecule has 2 aromatic rings. The summed E-state index contributed by atoms with van der Waals surface area (Å²) in [6.07, 6.45) is 0.0479. The van der Waals surface area contributed by atoms with Gasteiger partial charge in [0.05, 0.1) is 22.2 Å². The van der Waals surface area contributed by atoms with E-state index in [1.54, 1.807) is 30.3 Å². The maximum absolute atomic E-state index is 12.3. The maximum Gasteiger partial charge on any atom is 0.337 e. The van der Waals surface area contributed by atoms with E-state index in [2.05, 4.69) is 0 Å². The zero-order chi connectivity index (χ0) is 15.4. The Morgan fingerprint density at radius 3 is 2.38 bits per heavy atom. The molecule has 0 aliphatic rings. The van der Waals surface area contributed by atoms with E-state index in [0.29, 0.717) is 11.1 Å². The van der Waals surface area contributed by atoms with Crippen molar-refractivity contribution in [2.24, 2.45) is 0 Å². The second kappa shape index (κ2) is 6.21. The van der Waals surface area contributed by atoms with Crippen molar-refractivity contribution in [1.29, 1.82) is 5.26 Å². The predicted molar refractivity (Wildman–Crippen MR) is 77.6 cm³/mol. The zero-order valence-corrected chi connectivity index (χ0v) is 11.6. The lowest BCUT2D eigenvalue weighted by Crippen LogP contribution is -2.11. The molecule has 0 saturated carbocycles. The van der Waals surface area contributed by atoms with E-state index in [-0.39, 0.29) is 28.4 Å². The highest BCUT2D eigenvalue weighted by molar-refractivity contribution is 6.34. The Hall–Kier alpha value is -2.64. The Kier molecular flexibility index (Phi) is 4.36. The Bertz CT molecular complexity index is 745. The number of carbonyl (C=O) groups is 2. The van der Waals surface area contributed by atoms with E-state index in [9.17, 15) is 9.59 Å². The monoisotopic (exact) mass is 299 g/mol. The van der Waals surface area contributed by atoms with Crippen LogP contribution in [0.1, 0.15) is 31.8 Å². The van der Waals surface area contributed by atoms with Crippen LogP contribution < -0.4 is 0 Å². The van der Waals surface area contributed by atoms with Gasteiger partial charge in [0, 0.05) is 12.0 Å². The molecule has 2 aromatic carbocycles. The van der Waals surface area contributed by atoms with Gasteiger partial charge in [-0.2, -0.15) is 5.26 Å². The molecule has 0 spiro atoms. The normalized spacial score (nSPS) is 9.90. The summed E-state index contributed by atoms with van der Waals surface area (Å²) in [7, 11) is 0. The molecule has 0 aromatic heterocycles. The number of ketones is 1. The van der Waals surface area contributed by atoms with Gasteiger partial charge in [-0.25, -0.2) is 4.79 Å². The van der Waals surface area contributed by atoms with Crippen LogP contribution in [0, 0.1) is 11.3 Å². The van der Waals surface area contributed by atoms with E-state index >= 15 is 0 Å². The summed E-state index contributed by atoms with van der Waals surface area (Å²) in [5.41, 5.74) is 1.10. The molecule has 0 bridgehead atoms. The first-order valence-corrected chi connectivity index (χ1v) is 6.44.